The second kappa shape index (κ2) is 8.24. The number of nitrogens with zero attached hydrogens (tertiary/aromatic N) is 2. The van der Waals surface area contributed by atoms with E-state index in [1.54, 1.807) is 6.20 Å². The highest BCUT2D eigenvalue weighted by atomic mass is 35.5. The average molecular weight is 444 g/mol. The normalized spacial score (nSPS) is 19.0. The van der Waals surface area contributed by atoms with E-state index in [4.69, 9.17) is 11.6 Å². The highest BCUT2D eigenvalue weighted by Gasteiger charge is 2.30. The maximum atomic E-state index is 12.7. The number of hydrogen-bond donors (Lipinski definition) is 1. The molecular weight excluding hydrogens is 422 g/mol. The first-order chi connectivity index (χ1) is 14.3. The van der Waals surface area contributed by atoms with Crippen LogP contribution in [0.4, 0.5) is 5.69 Å². The van der Waals surface area contributed by atoms with Crippen molar-refractivity contribution in [2.75, 3.05) is 11.6 Å². The molecule has 0 aliphatic heterocycles. The summed E-state index contributed by atoms with van der Waals surface area (Å²) in [5, 5.41) is 7.40. The van der Waals surface area contributed by atoms with Crippen molar-refractivity contribution in [2.45, 2.75) is 36.1 Å². The Labute approximate surface area is 180 Å². The van der Waals surface area contributed by atoms with E-state index in [2.05, 4.69) is 22.5 Å². The molecule has 1 fully saturated rings. The van der Waals surface area contributed by atoms with Crippen LogP contribution in [-0.2, 0) is 9.84 Å². The predicted octanol–water partition coefficient (Wildman–Crippen LogP) is 4.70. The molecule has 156 valence electrons. The standard InChI is InChI=1S/C22H22ClN3O3S/c1-30(28,29)19-11-17(23)10-18(12-19)25-22(27)16-13-24-26(14-16)21-9-5-8-20(21)15-6-3-2-4-7-15/h2-4,6-7,10-14,20-21H,5,8-9H2,1H3,(H,25,27). The van der Waals surface area contributed by atoms with Gasteiger partial charge in [0.1, 0.15) is 0 Å². The molecule has 1 heterocycles. The lowest BCUT2D eigenvalue weighted by Gasteiger charge is -2.20. The molecule has 1 amide bonds. The number of nitrogens with one attached hydrogen (secondary N) is 1. The van der Waals surface area contributed by atoms with Crippen LogP contribution in [0.2, 0.25) is 5.02 Å². The number of hydrogen-bond acceptors (Lipinski definition) is 4. The van der Waals surface area contributed by atoms with Crippen LogP contribution in [0.15, 0.2) is 65.8 Å². The van der Waals surface area contributed by atoms with Gasteiger partial charge in [0.15, 0.2) is 9.84 Å². The van der Waals surface area contributed by atoms with Crippen molar-refractivity contribution in [3.8, 4) is 0 Å². The highest BCUT2D eigenvalue weighted by Crippen LogP contribution is 2.42. The van der Waals surface area contributed by atoms with Crippen LogP contribution >= 0.6 is 11.6 Å². The zero-order valence-corrected chi connectivity index (χ0v) is 18.0. The smallest absolute Gasteiger partial charge is 0.258 e. The van der Waals surface area contributed by atoms with Crippen molar-refractivity contribution in [1.29, 1.82) is 0 Å². The van der Waals surface area contributed by atoms with E-state index in [-0.39, 0.29) is 21.9 Å². The molecule has 2 unspecified atom stereocenters. The van der Waals surface area contributed by atoms with Gasteiger partial charge in [-0.25, -0.2) is 8.42 Å². The second-order valence-corrected chi connectivity index (χ2v) is 10.1. The number of carbonyl (C=O) groups is 1. The fraction of sp³-hybridized carbons (Fsp3) is 0.273. The van der Waals surface area contributed by atoms with E-state index < -0.39 is 9.84 Å². The molecule has 1 aromatic heterocycles. The van der Waals surface area contributed by atoms with Crippen LogP contribution in [-0.4, -0.2) is 30.4 Å². The Morgan fingerprint density at radius 2 is 1.93 bits per heavy atom. The van der Waals surface area contributed by atoms with Gasteiger partial charge in [0.25, 0.3) is 5.91 Å². The molecule has 3 aromatic rings. The van der Waals surface area contributed by atoms with E-state index >= 15 is 0 Å². The molecule has 1 N–H and O–H groups in total. The van der Waals surface area contributed by atoms with Crippen molar-refractivity contribution in [1.82, 2.24) is 9.78 Å². The van der Waals surface area contributed by atoms with E-state index in [1.165, 1.54) is 30.0 Å². The average Bonchev–Trinajstić information content (AvgIpc) is 3.37. The molecule has 4 rings (SSSR count). The molecule has 0 bridgehead atoms. The second-order valence-electron chi connectivity index (χ2n) is 7.63. The Bertz CT molecular complexity index is 1180. The van der Waals surface area contributed by atoms with E-state index in [0.29, 0.717) is 17.2 Å². The Balaban J connectivity index is 1.53. The van der Waals surface area contributed by atoms with E-state index in [0.717, 1.165) is 25.5 Å². The van der Waals surface area contributed by atoms with Crippen LogP contribution in [0.5, 0.6) is 0 Å². The number of carbonyl (C=O) groups excluding carboxylic acids is 1. The monoisotopic (exact) mass is 443 g/mol. The third-order valence-electron chi connectivity index (χ3n) is 5.47. The summed E-state index contributed by atoms with van der Waals surface area (Å²) in [6.45, 7) is 0. The quantitative estimate of drug-likeness (QED) is 0.619. The SMILES string of the molecule is CS(=O)(=O)c1cc(Cl)cc(NC(=O)c2cnn(C3CCCC3c3ccccc3)c2)c1. The van der Waals surface area contributed by atoms with Gasteiger partial charge < -0.3 is 5.32 Å². The number of aromatic nitrogens is 2. The molecule has 30 heavy (non-hydrogen) atoms. The van der Waals surface area contributed by atoms with E-state index in [1.807, 2.05) is 22.9 Å². The number of amides is 1. The number of rotatable bonds is 5. The molecule has 6 nitrogen and oxygen atoms in total. The molecule has 0 saturated heterocycles. The minimum atomic E-state index is -3.44. The molecule has 2 aromatic carbocycles. The maximum absolute atomic E-state index is 12.7. The Kier molecular flexibility index (Phi) is 5.66. The van der Waals surface area contributed by atoms with Gasteiger partial charge in [0.2, 0.25) is 0 Å². The van der Waals surface area contributed by atoms with Crippen LogP contribution in [0.25, 0.3) is 0 Å². The molecule has 1 aliphatic rings. The predicted molar refractivity (Wildman–Crippen MR) is 117 cm³/mol. The van der Waals surface area contributed by atoms with E-state index in [9.17, 15) is 13.2 Å². The molecular formula is C22H22ClN3O3S. The minimum absolute atomic E-state index is 0.0534. The molecule has 0 radical (unpaired) electrons. The van der Waals surface area contributed by atoms with Crippen LogP contribution in [0.1, 0.15) is 47.1 Å². The Morgan fingerprint density at radius 3 is 2.67 bits per heavy atom. The number of sulfone groups is 1. The van der Waals surface area contributed by atoms with Gasteiger partial charge in [-0.3, -0.25) is 9.48 Å². The summed E-state index contributed by atoms with van der Waals surface area (Å²) in [6.07, 6.45) is 7.60. The zero-order valence-electron chi connectivity index (χ0n) is 16.5. The fourth-order valence-corrected chi connectivity index (χ4v) is 5.02. The number of anilines is 1. The molecule has 2 atom stereocenters. The fourth-order valence-electron chi connectivity index (χ4n) is 4.04. The van der Waals surface area contributed by atoms with Gasteiger partial charge in [-0.05, 0) is 36.6 Å². The largest absolute Gasteiger partial charge is 0.322 e. The van der Waals surface area contributed by atoms with Gasteiger partial charge in [0, 0.05) is 29.1 Å². The molecule has 1 aliphatic carbocycles. The van der Waals surface area contributed by atoms with Crippen LogP contribution < -0.4 is 5.32 Å². The van der Waals surface area contributed by atoms with Gasteiger partial charge in [-0.2, -0.15) is 5.10 Å². The minimum Gasteiger partial charge on any atom is -0.322 e. The summed E-state index contributed by atoms with van der Waals surface area (Å²) in [4.78, 5) is 12.8. The summed E-state index contributed by atoms with van der Waals surface area (Å²) in [5.74, 6) is 0.00415. The maximum Gasteiger partial charge on any atom is 0.258 e. The van der Waals surface area contributed by atoms with Crippen molar-refractivity contribution in [3.05, 3.63) is 77.1 Å². The van der Waals surface area contributed by atoms with Crippen molar-refractivity contribution in [2.24, 2.45) is 0 Å². The number of benzene rings is 2. The lowest BCUT2D eigenvalue weighted by atomic mass is 9.94. The summed E-state index contributed by atoms with van der Waals surface area (Å²) >= 11 is 6.02. The third-order valence-corrected chi connectivity index (χ3v) is 6.78. The summed E-state index contributed by atoms with van der Waals surface area (Å²) in [7, 11) is -3.44. The first kappa shape index (κ1) is 20.6. The lowest BCUT2D eigenvalue weighted by molar-refractivity contribution is 0.102. The first-order valence-electron chi connectivity index (χ1n) is 9.72. The van der Waals surface area contributed by atoms with Crippen LogP contribution in [0, 0.1) is 0 Å². The van der Waals surface area contributed by atoms with Gasteiger partial charge in [0.05, 0.1) is 22.7 Å². The Morgan fingerprint density at radius 1 is 1.17 bits per heavy atom. The van der Waals surface area contributed by atoms with Crippen molar-refractivity contribution >= 4 is 33.0 Å². The third kappa shape index (κ3) is 4.42. The highest BCUT2D eigenvalue weighted by molar-refractivity contribution is 7.90. The van der Waals surface area contributed by atoms with Gasteiger partial charge in [-0.1, -0.05) is 48.4 Å². The zero-order chi connectivity index (χ0) is 21.3. The van der Waals surface area contributed by atoms with Crippen molar-refractivity contribution in [3.63, 3.8) is 0 Å². The summed E-state index contributed by atoms with van der Waals surface area (Å²) in [5.41, 5.74) is 2.02. The molecule has 0 spiro atoms. The van der Waals surface area contributed by atoms with Crippen molar-refractivity contribution < 1.29 is 13.2 Å². The topological polar surface area (TPSA) is 81.1 Å². The molecule has 1 saturated carbocycles. The Hall–Kier alpha value is -2.64. The molecule has 8 heteroatoms. The summed E-state index contributed by atoms with van der Waals surface area (Å²) in [6, 6.07) is 14.8. The first-order valence-corrected chi connectivity index (χ1v) is 12.0. The van der Waals surface area contributed by atoms with Crippen LogP contribution in [0.3, 0.4) is 0 Å². The van der Waals surface area contributed by atoms with Gasteiger partial charge in [-0.15, -0.1) is 0 Å². The lowest BCUT2D eigenvalue weighted by Crippen LogP contribution is -2.14. The number of halogens is 1. The summed E-state index contributed by atoms with van der Waals surface area (Å²) < 4.78 is 25.5. The van der Waals surface area contributed by atoms with Gasteiger partial charge >= 0.3 is 0 Å².